The molecule has 5 nitrogen and oxygen atoms in total. The highest BCUT2D eigenvalue weighted by Gasteiger charge is 2.27. The lowest BCUT2D eigenvalue weighted by molar-refractivity contribution is 0.581. The first-order valence-electron chi connectivity index (χ1n) is 7.01. The van der Waals surface area contributed by atoms with Gasteiger partial charge in [0.1, 0.15) is 0 Å². The van der Waals surface area contributed by atoms with Crippen molar-refractivity contribution in [2.24, 2.45) is 0 Å². The van der Waals surface area contributed by atoms with Gasteiger partial charge in [-0.1, -0.05) is 0 Å². The van der Waals surface area contributed by atoms with Gasteiger partial charge in [-0.25, -0.2) is 13.1 Å². The molecule has 1 aliphatic rings. The summed E-state index contributed by atoms with van der Waals surface area (Å²) in [4.78, 5) is 2.47. The molecule has 0 spiro atoms. The molecule has 2 N–H and O–H groups in total. The topological polar surface area (TPSA) is 61.4 Å². The quantitative estimate of drug-likeness (QED) is 0.707. The van der Waals surface area contributed by atoms with Gasteiger partial charge in [0, 0.05) is 25.3 Å². The van der Waals surface area contributed by atoms with E-state index in [1.54, 1.807) is 12.1 Å². The van der Waals surface area contributed by atoms with Gasteiger partial charge in [0.05, 0.1) is 4.90 Å². The summed E-state index contributed by atoms with van der Waals surface area (Å²) >= 11 is 0. The molecule has 1 fully saturated rings. The number of benzene rings is 1. The summed E-state index contributed by atoms with van der Waals surface area (Å²) in [7, 11) is 0.614. The normalized spacial score (nSPS) is 15.3. The Balaban J connectivity index is 1.98. The lowest BCUT2D eigenvalue weighted by Gasteiger charge is -2.19. The van der Waals surface area contributed by atoms with Crippen molar-refractivity contribution in [3.05, 3.63) is 24.3 Å². The second-order valence-electron chi connectivity index (χ2n) is 5.27. The molecule has 112 valence electrons. The van der Waals surface area contributed by atoms with E-state index < -0.39 is 10.0 Å². The Labute approximate surface area is 121 Å². The molecule has 1 saturated carbocycles. The molecule has 0 saturated heterocycles. The Bertz CT molecular complexity index is 524. The molecule has 1 aromatic carbocycles. The summed E-state index contributed by atoms with van der Waals surface area (Å²) < 4.78 is 26.8. The van der Waals surface area contributed by atoms with Crippen LogP contribution in [0.15, 0.2) is 29.2 Å². The van der Waals surface area contributed by atoms with Crippen molar-refractivity contribution < 1.29 is 8.42 Å². The summed E-state index contributed by atoms with van der Waals surface area (Å²) in [6.45, 7) is 1.91. The van der Waals surface area contributed by atoms with E-state index in [-0.39, 0.29) is 6.04 Å². The number of nitrogens with one attached hydrogen (secondary N) is 2. The summed E-state index contributed by atoms with van der Waals surface area (Å²) in [5, 5.41) is 3.11. The highest BCUT2D eigenvalue weighted by molar-refractivity contribution is 7.89. The molecule has 0 radical (unpaired) electrons. The minimum atomic E-state index is -3.34. The molecule has 0 aromatic heterocycles. The fraction of sp³-hybridized carbons (Fsp3) is 0.571. The van der Waals surface area contributed by atoms with Gasteiger partial charge in [0.15, 0.2) is 0 Å². The molecule has 0 bridgehead atoms. The monoisotopic (exact) mass is 297 g/mol. The largest absolute Gasteiger partial charge is 0.375 e. The first-order valence-corrected chi connectivity index (χ1v) is 8.49. The maximum atomic E-state index is 12.0. The van der Waals surface area contributed by atoms with Gasteiger partial charge < -0.3 is 10.2 Å². The predicted molar refractivity (Wildman–Crippen MR) is 81.6 cm³/mol. The van der Waals surface area contributed by atoms with Crippen LogP contribution in [0, 0.1) is 0 Å². The van der Waals surface area contributed by atoms with Gasteiger partial charge in [0.25, 0.3) is 0 Å². The lowest BCUT2D eigenvalue weighted by atomic mass is 10.3. The molecule has 20 heavy (non-hydrogen) atoms. The van der Waals surface area contributed by atoms with Gasteiger partial charge in [-0.15, -0.1) is 0 Å². The van der Waals surface area contributed by atoms with Crippen LogP contribution in [-0.4, -0.2) is 41.6 Å². The lowest BCUT2D eigenvalue weighted by Crippen LogP contribution is -2.26. The van der Waals surface area contributed by atoms with Gasteiger partial charge in [0.2, 0.25) is 10.0 Å². The Morgan fingerprint density at radius 2 is 1.90 bits per heavy atom. The predicted octanol–water partition coefficient (Wildman–Crippen LogP) is 1.17. The number of nitrogens with zero attached hydrogens (tertiary/aromatic N) is 1. The van der Waals surface area contributed by atoms with Crippen LogP contribution in [0.3, 0.4) is 0 Å². The summed E-state index contributed by atoms with van der Waals surface area (Å²) in [5.41, 5.74) is 1.03. The van der Waals surface area contributed by atoms with E-state index in [9.17, 15) is 8.42 Å². The Kier molecular flexibility index (Phi) is 5.01. The van der Waals surface area contributed by atoms with Gasteiger partial charge in [-0.3, -0.25) is 0 Å². The number of hydrogen-bond acceptors (Lipinski definition) is 4. The van der Waals surface area contributed by atoms with Crippen molar-refractivity contribution in [2.75, 3.05) is 32.1 Å². The Hall–Kier alpha value is -1.11. The Morgan fingerprint density at radius 3 is 2.45 bits per heavy atom. The fourth-order valence-electron chi connectivity index (χ4n) is 1.99. The fourth-order valence-corrected chi connectivity index (χ4v) is 3.30. The minimum absolute atomic E-state index is 0.142. The van der Waals surface area contributed by atoms with Crippen molar-refractivity contribution in [2.45, 2.75) is 30.2 Å². The van der Waals surface area contributed by atoms with Crippen LogP contribution in [0.5, 0.6) is 0 Å². The number of rotatable bonds is 8. The van der Waals surface area contributed by atoms with E-state index in [1.165, 1.54) is 0 Å². The molecular weight excluding hydrogens is 274 g/mol. The average Bonchev–Trinajstić information content (AvgIpc) is 3.22. The van der Waals surface area contributed by atoms with Gasteiger partial charge in [-0.05, 0) is 57.1 Å². The van der Waals surface area contributed by atoms with Gasteiger partial charge in [-0.2, -0.15) is 0 Å². The van der Waals surface area contributed by atoms with Crippen LogP contribution in [-0.2, 0) is 10.0 Å². The highest BCUT2D eigenvalue weighted by atomic mass is 32.2. The SMILES string of the molecule is CNCCCN(C)c1ccc(S(=O)(=O)NC2CC2)cc1. The second kappa shape index (κ2) is 6.56. The van der Waals surface area contributed by atoms with Crippen LogP contribution in [0.25, 0.3) is 0 Å². The maximum Gasteiger partial charge on any atom is 0.240 e. The zero-order valence-corrected chi connectivity index (χ0v) is 12.9. The van der Waals surface area contributed by atoms with E-state index in [4.69, 9.17) is 0 Å². The van der Waals surface area contributed by atoms with Crippen molar-refractivity contribution in [3.63, 3.8) is 0 Å². The zero-order valence-electron chi connectivity index (χ0n) is 12.1. The summed E-state index contributed by atoms with van der Waals surface area (Å²) in [6.07, 6.45) is 2.95. The summed E-state index contributed by atoms with van der Waals surface area (Å²) in [5.74, 6) is 0. The molecule has 1 aliphatic carbocycles. The minimum Gasteiger partial charge on any atom is -0.375 e. The number of anilines is 1. The third-order valence-electron chi connectivity index (χ3n) is 3.41. The standard InChI is InChI=1S/C14H23N3O2S/c1-15-10-3-11-17(2)13-6-8-14(9-7-13)20(18,19)16-12-4-5-12/h6-9,12,15-16H,3-5,10-11H2,1-2H3. The maximum absolute atomic E-state index is 12.0. The van der Waals surface area contributed by atoms with Crippen molar-refractivity contribution >= 4 is 15.7 Å². The van der Waals surface area contributed by atoms with Gasteiger partial charge >= 0.3 is 0 Å². The Morgan fingerprint density at radius 1 is 1.25 bits per heavy atom. The van der Waals surface area contributed by atoms with E-state index >= 15 is 0 Å². The van der Waals surface area contributed by atoms with E-state index in [1.807, 2.05) is 26.2 Å². The molecule has 1 aromatic rings. The van der Waals surface area contributed by atoms with E-state index in [0.29, 0.717) is 4.90 Å². The molecule has 0 heterocycles. The van der Waals surface area contributed by atoms with Crippen molar-refractivity contribution in [3.8, 4) is 0 Å². The third kappa shape index (κ3) is 4.19. The van der Waals surface area contributed by atoms with Crippen LogP contribution >= 0.6 is 0 Å². The van der Waals surface area contributed by atoms with Crippen LogP contribution in [0.1, 0.15) is 19.3 Å². The second-order valence-corrected chi connectivity index (χ2v) is 6.98. The van der Waals surface area contributed by atoms with Crippen LogP contribution in [0.2, 0.25) is 0 Å². The zero-order chi connectivity index (χ0) is 14.6. The molecule has 0 aliphatic heterocycles. The molecule has 2 rings (SSSR count). The van der Waals surface area contributed by atoms with Crippen LogP contribution in [0.4, 0.5) is 5.69 Å². The number of sulfonamides is 1. The van der Waals surface area contributed by atoms with E-state index in [2.05, 4.69) is 14.9 Å². The first kappa shape index (κ1) is 15.3. The molecular formula is C14H23N3O2S. The number of hydrogen-bond donors (Lipinski definition) is 2. The smallest absolute Gasteiger partial charge is 0.240 e. The summed E-state index contributed by atoms with van der Waals surface area (Å²) in [6, 6.07) is 7.22. The van der Waals surface area contributed by atoms with Crippen molar-refractivity contribution in [1.82, 2.24) is 10.0 Å². The van der Waals surface area contributed by atoms with E-state index in [0.717, 1.165) is 38.0 Å². The average molecular weight is 297 g/mol. The highest BCUT2D eigenvalue weighted by Crippen LogP contribution is 2.23. The van der Waals surface area contributed by atoms with Crippen molar-refractivity contribution in [1.29, 1.82) is 0 Å². The third-order valence-corrected chi connectivity index (χ3v) is 4.94. The molecule has 0 unspecified atom stereocenters. The molecule has 0 amide bonds. The molecule has 6 heteroatoms. The first-order chi connectivity index (χ1) is 9.53. The van der Waals surface area contributed by atoms with Crippen LogP contribution < -0.4 is 14.9 Å². The molecule has 0 atom stereocenters.